The highest BCUT2D eigenvalue weighted by Gasteiger charge is 2.23. The topological polar surface area (TPSA) is 98.8 Å². The van der Waals surface area contributed by atoms with E-state index in [-0.39, 0.29) is 18.5 Å². The van der Waals surface area contributed by atoms with Gasteiger partial charge in [0.25, 0.3) is 0 Å². The normalized spacial score (nSPS) is 16.7. The number of carbonyl (C=O) groups is 1. The summed E-state index contributed by atoms with van der Waals surface area (Å²) in [5.41, 5.74) is 2.57. The molecule has 4 aromatic rings. The predicted octanol–water partition coefficient (Wildman–Crippen LogP) is 2.70. The number of piperidine rings is 1. The number of rotatable bonds is 5. The summed E-state index contributed by atoms with van der Waals surface area (Å²) in [6, 6.07) is 11.9. The van der Waals surface area contributed by atoms with E-state index in [0.29, 0.717) is 0 Å². The van der Waals surface area contributed by atoms with Crippen molar-refractivity contribution >= 4 is 39.3 Å². The Labute approximate surface area is 173 Å². The van der Waals surface area contributed by atoms with Crippen LogP contribution in [0.1, 0.15) is 12.8 Å². The number of benzene rings is 1. The van der Waals surface area contributed by atoms with Crippen molar-refractivity contribution < 1.29 is 4.79 Å². The summed E-state index contributed by atoms with van der Waals surface area (Å²) in [4.78, 5) is 31.1. The van der Waals surface area contributed by atoms with Gasteiger partial charge < -0.3 is 20.5 Å². The number of H-pyrrole nitrogens is 1. The molecule has 0 radical (unpaired) electrons. The van der Waals surface area contributed by atoms with Gasteiger partial charge in [0, 0.05) is 36.9 Å². The van der Waals surface area contributed by atoms with E-state index < -0.39 is 0 Å². The molecule has 0 bridgehead atoms. The number of pyridine rings is 1. The van der Waals surface area contributed by atoms with Crippen LogP contribution in [0.2, 0.25) is 0 Å². The average molecular weight is 401 g/mol. The summed E-state index contributed by atoms with van der Waals surface area (Å²) in [6.45, 7) is 1.87. The summed E-state index contributed by atoms with van der Waals surface area (Å²) in [5.74, 6) is 0.893. The number of carbonyl (C=O) groups excluding carboxylic acids is 1. The molecule has 3 aromatic heterocycles. The Balaban J connectivity index is 1.22. The van der Waals surface area contributed by atoms with E-state index in [1.165, 1.54) is 0 Å². The van der Waals surface area contributed by atoms with Gasteiger partial charge in [0.1, 0.15) is 17.8 Å². The zero-order valence-electron chi connectivity index (χ0n) is 16.5. The lowest BCUT2D eigenvalue weighted by atomic mass is 10.1. The summed E-state index contributed by atoms with van der Waals surface area (Å²) < 4.78 is 0. The SMILES string of the molecule is O=C(CNc1cccc2cccnc12)NC1CCCN(c2ncnc3[nH]ccc23)C1. The van der Waals surface area contributed by atoms with Gasteiger partial charge in [-0.2, -0.15) is 0 Å². The van der Waals surface area contributed by atoms with E-state index in [9.17, 15) is 4.79 Å². The van der Waals surface area contributed by atoms with Crippen molar-refractivity contribution in [1.29, 1.82) is 0 Å². The second-order valence-electron chi connectivity index (χ2n) is 7.52. The lowest BCUT2D eigenvalue weighted by Gasteiger charge is -2.34. The van der Waals surface area contributed by atoms with Crippen molar-refractivity contribution in [1.82, 2.24) is 25.3 Å². The summed E-state index contributed by atoms with van der Waals surface area (Å²) in [6.07, 6.45) is 7.18. The number of hydrogen-bond donors (Lipinski definition) is 3. The number of aromatic amines is 1. The maximum atomic E-state index is 12.6. The molecule has 1 atom stereocenters. The highest BCUT2D eigenvalue weighted by Crippen LogP contribution is 2.25. The zero-order valence-corrected chi connectivity index (χ0v) is 16.5. The molecule has 1 fully saturated rings. The van der Waals surface area contributed by atoms with Crippen LogP contribution in [0.5, 0.6) is 0 Å². The van der Waals surface area contributed by atoms with Crippen LogP contribution in [0.3, 0.4) is 0 Å². The number of nitrogens with zero attached hydrogens (tertiary/aromatic N) is 4. The molecule has 1 aliphatic heterocycles. The van der Waals surface area contributed by atoms with Gasteiger partial charge in [0.05, 0.1) is 23.1 Å². The van der Waals surface area contributed by atoms with Gasteiger partial charge in [-0.15, -0.1) is 0 Å². The van der Waals surface area contributed by atoms with Crippen molar-refractivity contribution in [2.24, 2.45) is 0 Å². The van der Waals surface area contributed by atoms with Gasteiger partial charge in [0.15, 0.2) is 0 Å². The van der Waals surface area contributed by atoms with E-state index in [1.807, 2.05) is 42.6 Å². The monoisotopic (exact) mass is 401 g/mol. The van der Waals surface area contributed by atoms with Crippen molar-refractivity contribution in [3.8, 4) is 0 Å². The Morgan fingerprint density at radius 2 is 2.10 bits per heavy atom. The summed E-state index contributed by atoms with van der Waals surface area (Å²) in [5, 5.41) is 8.45. The number of aromatic nitrogens is 4. The summed E-state index contributed by atoms with van der Waals surface area (Å²) in [7, 11) is 0. The quantitative estimate of drug-likeness (QED) is 0.476. The second kappa shape index (κ2) is 7.98. The molecule has 0 saturated carbocycles. The van der Waals surface area contributed by atoms with Crippen molar-refractivity contribution in [3.05, 3.63) is 55.1 Å². The first-order valence-electron chi connectivity index (χ1n) is 10.2. The minimum atomic E-state index is -0.0238. The van der Waals surface area contributed by atoms with Gasteiger partial charge in [-0.05, 0) is 31.0 Å². The Bertz CT molecular complexity index is 1180. The van der Waals surface area contributed by atoms with E-state index in [4.69, 9.17) is 0 Å². The number of anilines is 2. The van der Waals surface area contributed by atoms with E-state index in [2.05, 4.69) is 35.5 Å². The smallest absolute Gasteiger partial charge is 0.239 e. The highest BCUT2D eigenvalue weighted by molar-refractivity contribution is 5.92. The van der Waals surface area contributed by atoms with Gasteiger partial charge >= 0.3 is 0 Å². The maximum Gasteiger partial charge on any atom is 0.239 e. The zero-order chi connectivity index (χ0) is 20.3. The van der Waals surface area contributed by atoms with Crippen LogP contribution < -0.4 is 15.5 Å². The third-order valence-corrected chi connectivity index (χ3v) is 5.49. The fourth-order valence-corrected chi connectivity index (χ4v) is 4.10. The molecule has 0 aliphatic carbocycles. The van der Waals surface area contributed by atoms with Crippen LogP contribution >= 0.6 is 0 Å². The number of amides is 1. The Hall–Kier alpha value is -3.68. The minimum absolute atomic E-state index is 0.0238. The Morgan fingerprint density at radius 3 is 3.07 bits per heavy atom. The first kappa shape index (κ1) is 18.4. The lowest BCUT2D eigenvalue weighted by Crippen LogP contribution is -2.49. The van der Waals surface area contributed by atoms with Crippen molar-refractivity contribution in [3.63, 3.8) is 0 Å². The minimum Gasteiger partial charge on any atom is -0.374 e. The second-order valence-corrected chi connectivity index (χ2v) is 7.52. The first-order valence-corrected chi connectivity index (χ1v) is 10.2. The molecule has 30 heavy (non-hydrogen) atoms. The van der Waals surface area contributed by atoms with Crippen molar-refractivity contribution in [2.75, 3.05) is 29.9 Å². The van der Waals surface area contributed by atoms with Gasteiger partial charge in [0.2, 0.25) is 5.91 Å². The number of fused-ring (bicyclic) bond motifs is 2. The molecular weight excluding hydrogens is 378 g/mol. The molecular formula is C22H23N7O. The predicted molar refractivity (Wildman–Crippen MR) is 117 cm³/mol. The Kier molecular flexibility index (Phi) is 4.88. The summed E-state index contributed by atoms with van der Waals surface area (Å²) >= 11 is 0. The van der Waals surface area contributed by atoms with E-state index in [0.717, 1.165) is 59.4 Å². The third kappa shape index (κ3) is 3.63. The van der Waals surface area contributed by atoms with Gasteiger partial charge in [-0.3, -0.25) is 9.78 Å². The van der Waals surface area contributed by atoms with Crippen LogP contribution in [0.25, 0.3) is 21.9 Å². The largest absolute Gasteiger partial charge is 0.374 e. The molecule has 8 heteroatoms. The maximum absolute atomic E-state index is 12.6. The van der Waals surface area contributed by atoms with Gasteiger partial charge in [-0.1, -0.05) is 18.2 Å². The third-order valence-electron chi connectivity index (χ3n) is 5.49. The van der Waals surface area contributed by atoms with Crippen LogP contribution in [0, 0.1) is 0 Å². The molecule has 1 saturated heterocycles. The van der Waals surface area contributed by atoms with Gasteiger partial charge in [-0.25, -0.2) is 9.97 Å². The number of para-hydroxylation sites is 1. The molecule has 1 aromatic carbocycles. The molecule has 1 unspecified atom stereocenters. The molecule has 152 valence electrons. The molecule has 8 nitrogen and oxygen atoms in total. The Morgan fingerprint density at radius 1 is 1.17 bits per heavy atom. The highest BCUT2D eigenvalue weighted by atomic mass is 16.2. The van der Waals surface area contributed by atoms with Crippen LogP contribution in [0.15, 0.2) is 55.1 Å². The molecule has 3 N–H and O–H groups in total. The van der Waals surface area contributed by atoms with Crippen LogP contribution in [-0.2, 0) is 4.79 Å². The van der Waals surface area contributed by atoms with Crippen molar-refractivity contribution in [2.45, 2.75) is 18.9 Å². The molecule has 1 amide bonds. The van der Waals surface area contributed by atoms with E-state index >= 15 is 0 Å². The fourth-order valence-electron chi connectivity index (χ4n) is 4.10. The molecule has 5 rings (SSSR count). The first-order chi connectivity index (χ1) is 14.8. The van der Waals surface area contributed by atoms with Crippen LogP contribution in [0.4, 0.5) is 11.5 Å². The lowest BCUT2D eigenvalue weighted by molar-refractivity contribution is -0.120. The van der Waals surface area contributed by atoms with Crippen LogP contribution in [-0.4, -0.2) is 51.5 Å². The average Bonchev–Trinajstić information content (AvgIpc) is 3.27. The molecule has 1 aliphatic rings. The molecule has 4 heterocycles. The standard InChI is InChI=1S/C22H23N7O/c30-19(12-25-18-7-1-4-15-5-2-9-23-20(15)18)28-16-6-3-11-29(13-16)22-17-8-10-24-21(17)26-14-27-22/h1-2,4-5,7-10,14,16,25H,3,6,11-13H2,(H,28,30)(H,24,26,27). The fraction of sp³-hybridized carbons (Fsp3) is 0.273. The molecule has 0 spiro atoms. The number of nitrogens with one attached hydrogen (secondary N) is 3. The van der Waals surface area contributed by atoms with E-state index in [1.54, 1.807) is 12.5 Å². The number of hydrogen-bond acceptors (Lipinski definition) is 6.